The lowest BCUT2D eigenvalue weighted by Gasteiger charge is -2.41. The van der Waals surface area contributed by atoms with Gasteiger partial charge in [0.2, 0.25) is 0 Å². The fourth-order valence-electron chi connectivity index (χ4n) is 3.68. The Kier molecular flexibility index (Phi) is 7.56. The molecule has 3 aromatic heterocycles. The van der Waals surface area contributed by atoms with Gasteiger partial charge in [-0.25, -0.2) is 24.9 Å². The standard InChI is InChI=1S/C22H28N6O3S/c1-3-30-22(29)6-4-5-7-28(21-10-18-20(32-21)13-23-15-26-18)27-8-9-31-19(14-27)17-11-24-16(2)25-12-17/h10-13,15,19H,3-9,14H2,1-2H3. The summed E-state index contributed by atoms with van der Waals surface area (Å²) in [6.45, 7) is 7.01. The molecule has 10 heteroatoms. The minimum absolute atomic E-state index is 0.0967. The quantitative estimate of drug-likeness (QED) is 0.355. The van der Waals surface area contributed by atoms with Gasteiger partial charge in [0, 0.05) is 56.3 Å². The van der Waals surface area contributed by atoms with Crippen LogP contribution in [0.3, 0.4) is 0 Å². The van der Waals surface area contributed by atoms with E-state index < -0.39 is 0 Å². The summed E-state index contributed by atoms with van der Waals surface area (Å²) in [7, 11) is 0. The summed E-state index contributed by atoms with van der Waals surface area (Å²) in [4.78, 5) is 28.9. The van der Waals surface area contributed by atoms with Crippen LogP contribution in [0.25, 0.3) is 10.2 Å². The summed E-state index contributed by atoms with van der Waals surface area (Å²) < 4.78 is 12.1. The number of ether oxygens (including phenoxy) is 2. The Morgan fingerprint density at radius 3 is 2.91 bits per heavy atom. The summed E-state index contributed by atoms with van der Waals surface area (Å²) in [6, 6.07) is 2.10. The molecule has 4 heterocycles. The van der Waals surface area contributed by atoms with Crippen molar-refractivity contribution in [3.05, 3.63) is 42.4 Å². The van der Waals surface area contributed by atoms with Crippen LogP contribution in [0.2, 0.25) is 0 Å². The number of unbranched alkanes of at least 4 members (excludes halogenated alkanes) is 1. The Balaban J connectivity index is 1.49. The number of thiophene rings is 1. The number of fused-ring (bicyclic) bond motifs is 1. The van der Waals surface area contributed by atoms with Crippen molar-refractivity contribution in [1.82, 2.24) is 24.9 Å². The molecule has 0 N–H and O–H groups in total. The maximum Gasteiger partial charge on any atom is 0.305 e. The molecule has 0 amide bonds. The van der Waals surface area contributed by atoms with E-state index in [1.165, 1.54) is 0 Å². The molecular weight excluding hydrogens is 428 g/mol. The van der Waals surface area contributed by atoms with Crippen molar-refractivity contribution in [1.29, 1.82) is 0 Å². The molecule has 0 spiro atoms. The Hall–Kier alpha value is -2.69. The summed E-state index contributed by atoms with van der Waals surface area (Å²) in [5.74, 6) is 0.609. The van der Waals surface area contributed by atoms with Crippen LogP contribution in [0.4, 0.5) is 5.00 Å². The van der Waals surface area contributed by atoms with Crippen molar-refractivity contribution >= 4 is 32.5 Å². The van der Waals surface area contributed by atoms with Crippen molar-refractivity contribution in [3.8, 4) is 0 Å². The van der Waals surface area contributed by atoms with Gasteiger partial charge in [0.1, 0.15) is 23.3 Å². The fourth-order valence-corrected chi connectivity index (χ4v) is 4.72. The van der Waals surface area contributed by atoms with Crippen LogP contribution >= 0.6 is 11.3 Å². The second-order valence-electron chi connectivity index (χ2n) is 7.58. The number of anilines is 1. The third-order valence-corrected chi connectivity index (χ3v) is 6.37. The van der Waals surface area contributed by atoms with Crippen LogP contribution in [0.5, 0.6) is 0 Å². The molecule has 9 nitrogen and oxygen atoms in total. The maximum absolute atomic E-state index is 11.7. The van der Waals surface area contributed by atoms with Crippen LogP contribution in [-0.2, 0) is 14.3 Å². The molecule has 32 heavy (non-hydrogen) atoms. The van der Waals surface area contributed by atoms with E-state index >= 15 is 0 Å². The molecule has 0 bridgehead atoms. The smallest absolute Gasteiger partial charge is 0.305 e. The molecule has 1 aliphatic heterocycles. The zero-order valence-corrected chi connectivity index (χ0v) is 19.3. The molecule has 1 unspecified atom stereocenters. The zero-order chi connectivity index (χ0) is 22.3. The molecule has 170 valence electrons. The predicted molar refractivity (Wildman–Crippen MR) is 122 cm³/mol. The number of carbonyl (C=O) groups excluding carboxylic acids is 1. The van der Waals surface area contributed by atoms with E-state index in [2.05, 4.69) is 36.0 Å². The number of hydrogen-bond donors (Lipinski definition) is 0. The normalized spacial score (nSPS) is 16.9. The summed E-state index contributed by atoms with van der Waals surface area (Å²) in [5, 5.41) is 5.72. The number of aryl methyl sites for hydroxylation is 1. The summed E-state index contributed by atoms with van der Waals surface area (Å²) in [5.41, 5.74) is 1.91. The third kappa shape index (κ3) is 5.56. The average molecular weight is 457 g/mol. The third-order valence-electron chi connectivity index (χ3n) is 5.30. The van der Waals surface area contributed by atoms with E-state index in [9.17, 15) is 4.79 Å². The Morgan fingerprint density at radius 1 is 1.28 bits per heavy atom. The zero-order valence-electron chi connectivity index (χ0n) is 18.4. The Bertz CT molecular complexity index is 995. The lowest BCUT2D eigenvalue weighted by molar-refractivity contribution is -0.143. The van der Waals surface area contributed by atoms with Crippen LogP contribution in [0.15, 0.2) is 31.0 Å². The molecular formula is C22H28N6O3S. The van der Waals surface area contributed by atoms with Crippen molar-refractivity contribution in [3.63, 3.8) is 0 Å². The molecule has 0 aromatic carbocycles. The summed E-state index contributed by atoms with van der Waals surface area (Å²) >= 11 is 1.67. The highest BCUT2D eigenvalue weighted by molar-refractivity contribution is 7.22. The topological polar surface area (TPSA) is 93.6 Å². The number of rotatable bonds is 9. The molecule has 1 fully saturated rings. The van der Waals surface area contributed by atoms with Gasteiger partial charge in [0.05, 0.1) is 23.4 Å². The second-order valence-corrected chi connectivity index (χ2v) is 8.64. The Morgan fingerprint density at radius 2 is 2.12 bits per heavy atom. The number of morpholine rings is 1. The number of hydrazine groups is 1. The van der Waals surface area contributed by atoms with Gasteiger partial charge in [-0.3, -0.25) is 9.80 Å². The van der Waals surface area contributed by atoms with Crippen LogP contribution in [-0.4, -0.2) is 63.8 Å². The highest BCUT2D eigenvalue weighted by Crippen LogP contribution is 2.33. The van der Waals surface area contributed by atoms with E-state index in [1.807, 2.05) is 32.4 Å². The number of hydrogen-bond acceptors (Lipinski definition) is 10. The second kappa shape index (κ2) is 10.8. The number of carbonyl (C=O) groups is 1. The molecule has 1 aliphatic rings. The largest absolute Gasteiger partial charge is 0.466 e. The van der Waals surface area contributed by atoms with Crippen LogP contribution in [0, 0.1) is 6.92 Å². The fraction of sp³-hybridized carbons (Fsp3) is 0.500. The average Bonchev–Trinajstić information content (AvgIpc) is 3.23. The van der Waals surface area contributed by atoms with Crippen molar-refractivity contribution < 1.29 is 14.3 Å². The Labute approximate surface area is 191 Å². The molecule has 0 saturated carbocycles. The molecule has 3 aromatic rings. The predicted octanol–water partition coefficient (Wildman–Crippen LogP) is 3.32. The molecule has 1 saturated heterocycles. The lowest BCUT2D eigenvalue weighted by Crippen LogP contribution is -2.50. The SMILES string of the molecule is CCOC(=O)CCCCN(c1cc2ncncc2s1)N1CCOC(c2cnc(C)nc2)C1. The van der Waals surface area contributed by atoms with Gasteiger partial charge in [-0.2, -0.15) is 0 Å². The van der Waals surface area contributed by atoms with Gasteiger partial charge in [0.25, 0.3) is 0 Å². The van der Waals surface area contributed by atoms with Crippen LogP contribution in [0.1, 0.15) is 43.7 Å². The minimum atomic E-state index is -0.137. The van der Waals surface area contributed by atoms with E-state index in [0.717, 1.165) is 52.5 Å². The molecule has 0 radical (unpaired) electrons. The van der Waals surface area contributed by atoms with Crippen molar-refractivity contribution in [2.75, 3.05) is 37.9 Å². The lowest BCUT2D eigenvalue weighted by atomic mass is 10.1. The first-order chi connectivity index (χ1) is 15.6. The van der Waals surface area contributed by atoms with Crippen LogP contribution < -0.4 is 5.01 Å². The molecule has 0 aliphatic carbocycles. The highest BCUT2D eigenvalue weighted by Gasteiger charge is 2.28. The van der Waals surface area contributed by atoms with E-state index in [-0.39, 0.29) is 12.1 Å². The van der Waals surface area contributed by atoms with Gasteiger partial charge >= 0.3 is 5.97 Å². The van der Waals surface area contributed by atoms with E-state index in [4.69, 9.17) is 9.47 Å². The van der Waals surface area contributed by atoms with E-state index in [1.54, 1.807) is 17.7 Å². The highest BCUT2D eigenvalue weighted by atomic mass is 32.1. The van der Waals surface area contributed by atoms with Gasteiger partial charge in [-0.1, -0.05) is 0 Å². The van der Waals surface area contributed by atoms with Crippen molar-refractivity contribution in [2.24, 2.45) is 0 Å². The van der Waals surface area contributed by atoms with E-state index in [0.29, 0.717) is 26.2 Å². The monoisotopic (exact) mass is 456 g/mol. The minimum Gasteiger partial charge on any atom is -0.466 e. The first-order valence-electron chi connectivity index (χ1n) is 10.9. The van der Waals surface area contributed by atoms with Gasteiger partial charge in [-0.15, -0.1) is 11.3 Å². The van der Waals surface area contributed by atoms with Crippen molar-refractivity contribution in [2.45, 2.75) is 39.2 Å². The number of nitrogens with zero attached hydrogens (tertiary/aromatic N) is 6. The maximum atomic E-state index is 11.7. The first kappa shape index (κ1) is 22.5. The number of aromatic nitrogens is 4. The van der Waals surface area contributed by atoms with Gasteiger partial charge < -0.3 is 9.47 Å². The summed E-state index contributed by atoms with van der Waals surface area (Å²) in [6.07, 6.45) is 9.09. The molecule has 4 rings (SSSR count). The van der Waals surface area contributed by atoms with Gasteiger partial charge in [0.15, 0.2) is 0 Å². The first-order valence-corrected chi connectivity index (χ1v) is 11.7. The van der Waals surface area contributed by atoms with Gasteiger partial charge in [-0.05, 0) is 26.7 Å². The molecule has 1 atom stereocenters. The number of esters is 1.